The Bertz CT molecular complexity index is 734. The number of nitrogens with zero attached hydrogens (tertiary/aromatic N) is 1. The first-order valence-electron chi connectivity index (χ1n) is 7.35. The SMILES string of the molecule is C/C=C/C(=O)N1Cc2sc(Cl)cc2[C@H](c2ccccc2C)C1. The predicted molar refractivity (Wildman–Crippen MR) is 92.6 cm³/mol. The van der Waals surface area contributed by atoms with E-state index >= 15 is 0 Å². The molecule has 1 amide bonds. The highest BCUT2D eigenvalue weighted by Gasteiger charge is 2.30. The molecule has 0 radical (unpaired) electrons. The maximum absolute atomic E-state index is 12.3. The fourth-order valence-electron chi connectivity index (χ4n) is 3.04. The number of thiophene rings is 1. The third kappa shape index (κ3) is 2.83. The number of hydrogen-bond acceptors (Lipinski definition) is 2. The lowest BCUT2D eigenvalue weighted by atomic mass is 9.86. The van der Waals surface area contributed by atoms with Crippen LogP contribution in [-0.2, 0) is 11.3 Å². The second-order valence-electron chi connectivity index (χ2n) is 5.56. The molecule has 0 unspecified atom stereocenters. The Morgan fingerprint density at radius 3 is 2.86 bits per heavy atom. The molecule has 2 heterocycles. The van der Waals surface area contributed by atoms with Gasteiger partial charge in [-0.15, -0.1) is 11.3 Å². The second kappa shape index (κ2) is 6.27. The molecular formula is C18H18ClNOS. The van der Waals surface area contributed by atoms with Crippen LogP contribution in [0.15, 0.2) is 42.5 Å². The third-order valence-electron chi connectivity index (χ3n) is 4.11. The molecule has 1 atom stereocenters. The molecule has 0 saturated heterocycles. The number of carbonyl (C=O) groups excluding carboxylic acids is 1. The molecule has 2 nitrogen and oxygen atoms in total. The van der Waals surface area contributed by atoms with Gasteiger partial charge < -0.3 is 4.90 Å². The van der Waals surface area contributed by atoms with E-state index in [1.807, 2.05) is 17.9 Å². The summed E-state index contributed by atoms with van der Waals surface area (Å²) in [5, 5.41) is 0. The van der Waals surface area contributed by atoms with Crippen LogP contribution < -0.4 is 0 Å². The van der Waals surface area contributed by atoms with Crippen LogP contribution in [0.25, 0.3) is 0 Å². The van der Waals surface area contributed by atoms with Gasteiger partial charge in [-0.1, -0.05) is 41.9 Å². The first kappa shape index (κ1) is 15.3. The maximum Gasteiger partial charge on any atom is 0.246 e. The van der Waals surface area contributed by atoms with Gasteiger partial charge in [0.1, 0.15) is 0 Å². The first-order chi connectivity index (χ1) is 10.6. The summed E-state index contributed by atoms with van der Waals surface area (Å²) in [6, 6.07) is 10.4. The van der Waals surface area contributed by atoms with Crippen LogP contribution in [0, 0.1) is 6.92 Å². The minimum Gasteiger partial charge on any atom is -0.333 e. The molecule has 1 aromatic heterocycles. The maximum atomic E-state index is 12.3. The van der Waals surface area contributed by atoms with Crippen molar-refractivity contribution in [2.75, 3.05) is 6.54 Å². The number of benzene rings is 1. The summed E-state index contributed by atoms with van der Waals surface area (Å²) in [5.74, 6) is 0.263. The number of hydrogen-bond donors (Lipinski definition) is 0. The number of fused-ring (bicyclic) bond motifs is 1. The number of halogens is 1. The highest BCUT2D eigenvalue weighted by atomic mass is 35.5. The zero-order chi connectivity index (χ0) is 15.7. The van der Waals surface area contributed by atoms with Crippen molar-refractivity contribution >= 4 is 28.8 Å². The molecular weight excluding hydrogens is 314 g/mol. The van der Waals surface area contributed by atoms with Crippen LogP contribution >= 0.6 is 22.9 Å². The normalized spacial score (nSPS) is 17.8. The van der Waals surface area contributed by atoms with Crippen molar-refractivity contribution in [3.8, 4) is 0 Å². The summed E-state index contributed by atoms with van der Waals surface area (Å²) in [6.45, 7) is 5.34. The number of carbonyl (C=O) groups is 1. The Kier molecular flexibility index (Phi) is 4.37. The first-order valence-corrected chi connectivity index (χ1v) is 8.55. The zero-order valence-electron chi connectivity index (χ0n) is 12.7. The number of amides is 1. The van der Waals surface area contributed by atoms with E-state index in [-0.39, 0.29) is 11.8 Å². The van der Waals surface area contributed by atoms with E-state index in [0.29, 0.717) is 13.1 Å². The van der Waals surface area contributed by atoms with Gasteiger partial charge in [-0.25, -0.2) is 0 Å². The minimum atomic E-state index is 0.0660. The fourth-order valence-corrected chi connectivity index (χ4v) is 4.40. The summed E-state index contributed by atoms with van der Waals surface area (Å²) >= 11 is 7.81. The van der Waals surface area contributed by atoms with Crippen LogP contribution in [0.1, 0.15) is 34.4 Å². The summed E-state index contributed by atoms with van der Waals surface area (Å²) in [4.78, 5) is 15.4. The molecule has 2 aromatic rings. The highest BCUT2D eigenvalue weighted by Crippen LogP contribution is 2.40. The monoisotopic (exact) mass is 331 g/mol. The minimum absolute atomic E-state index is 0.0660. The van der Waals surface area contributed by atoms with Crippen molar-refractivity contribution in [3.05, 3.63) is 68.4 Å². The molecule has 0 fully saturated rings. The Morgan fingerprint density at radius 1 is 1.36 bits per heavy atom. The molecule has 1 aliphatic rings. The highest BCUT2D eigenvalue weighted by molar-refractivity contribution is 7.16. The van der Waals surface area contributed by atoms with Gasteiger partial charge in [-0.2, -0.15) is 0 Å². The molecule has 22 heavy (non-hydrogen) atoms. The van der Waals surface area contributed by atoms with Crippen molar-refractivity contribution in [2.24, 2.45) is 0 Å². The molecule has 0 bridgehead atoms. The molecule has 0 aliphatic carbocycles. The second-order valence-corrected chi connectivity index (χ2v) is 7.33. The molecule has 0 saturated carbocycles. The van der Waals surface area contributed by atoms with E-state index in [1.165, 1.54) is 21.6 Å². The predicted octanol–water partition coefficient (Wildman–Crippen LogP) is 4.76. The number of allylic oxidation sites excluding steroid dienone is 1. The lowest BCUT2D eigenvalue weighted by Gasteiger charge is -2.33. The molecule has 0 spiro atoms. The lowest BCUT2D eigenvalue weighted by Crippen LogP contribution is -2.37. The molecule has 4 heteroatoms. The summed E-state index contributed by atoms with van der Waals surface area (Å²) in [5.41, 5.74) is 3.80. The summed E-state index contributed by atoms with van der Waals surface area (Å²) in [7, 11) is 0. The Hall–Kier alpha value is -1.58. The van der Waals surface area contributed by atoms with E-state index in [2.05, 4.69) is 31.2 Å². The van der Waals surface area contributed by atoms with Crippen LogP contribution in [0.4, 0.5) is 0 Å². The molecule has 114 valence electrons. The van der Waals surface area contributed by atoms with Crippen molar-refractivity contribution in [1.82, 2.24) is 4.90 Å². The van der Waals surface area contributed by atoms with Crippen molar-refractivity contribution in [1.29, 1.82) is 0 Å². The van der Waals surface area contributed by atoms with Gasteiger partial charge in [0.05, 0.1) is 10.9 Å². The lowest BCUT2D eigenvalue weighted by molar-refractivity contribution is -0.127. The van der Waals surface area contributed by atoms with E-state index in [9.17, 15) is 4.79 Å². The van der Waals surface area contributed by atoms with Gasteiger partial charge in [0.2, 0.25) is 5.91 Å². The van der Waals surface area contributed by atoms with Crippen molar-refractivity contribution in [2.45, 2.75) is 26.3 Å². The van der Waals surface area contributed by atoms with Gasteiger partial charge in [0.15, 0.2) is 0 Å². The van der Waals surface area contributed by atoms with E-state index in [0.717, 1.165) is 4.34 Å². The number of rotatable bonds is 2. The third-order valence-corrected chi connectivity index (χ3v) is 5.37. The average molecular weight is 332 g/mol. The Morgan fingerprint density at radius 2 is 2.14 bits per heavy atom. The topological polar surface area (TPSA) is 20.3 Å². The quantitative estimate of drug-likeness (QED) is 0.726. The van der Waals surface area contributed by atoms with Crippen molar-refractivity contribution in [3.63, 3.8) is 0 Å². The zero-order valence-corrected chi connectivity index (χ0v) is 14.2. The fraction of sp³-hybridized carbons (Fsp3) is 0.278. The van der Waals surface area contributed by atoms with Gasteiger partial charge in [-0.3, -0.25) is 4.79 Å². The smallest absolute Gasteiger partial charge is 0.246 e. The van der Waals surface area contributed by atoms with E-state index < -0.39 is 0 Å². The van der Waals surface area contributed by atoms with E-state index in [4.69, 9.17) is 11.6 Å². The summed E-state index contributed by atoms with van der Waals surface area (Å²) < 4.78 is 0.795. The van der Waals surface area contributed by atoms with E-state index in [1.54, 1.807) is 23.5 Å². The van der Waals surface area contributed by atoms with Gasteiger partial charge in [0.25, 0.3) is 0 Å². The standard InChI is InChI=1S/C18H18ClNOS/c1-3-6-18(21)20-10-15(13-8-5-4-7-12(13)2)14-9-17(19)22-16(14)11-20/h3-9,15H,10-11H2,1-2H3/b6-3+/t15-/m0/s1. The van der Waals surface area contributed by atoms with Gasteiger partial charge in [0, 0.05) is 17.3 Å². The average Bonchev–Trinajstić information content (AvgIpc) is 2.87. The molecule has 1 aromatic carbocycles. The summed E-state index contributed by atoms with van der Waals surface area (Å²) in [6.07, 6.45) is 3.43. The Balaban J connectivity index is 2.04. The molecule has 0 N–H and O–H groups in total. The van der Waals surface area contributed by atoms with Crippen LogP contribution in [-0.4, -0.2) is 17.4 Å². The molecule has 3 rings (SSSR count). The molecule has 1 aliphatic heterocycles. The number of aryl methyl sites for hydroxylation is 1. The van der Waals surface area contributed by atoms with Crippen LogP contribution in [0.5, 0.6) is 0 Å². The van der Waals surface area contributed by atoms with Gasteiger partial charge in [-0.05, 0) is 42.7 Å². The van der Waals surface area contributed by atoms with Crippen LogP contribution in [0.3, 0.4) is 0 Å². The van der Waals surface area contributed by atoms with Crippen LogP contribution in [0.2, 0.25) is 4.34 Å². The Labute approximate surface area is 140 Å². The van der Waals surface area contributed by atoms with Gasteiger partial charge >= 0.3 is 0 Å². The van der Waals surface area contributed by atoms with Crippen molar-refractivity contribution < 1.29 is 4.79 Å². The largest absolute Gasteiger partial charge is 0.333 e.